The Hall–Kier alpha value is -1.75. The van der Waals surface area contributed by atoms with Gasteiger partial charge in [-0.2, -0.15) is 0 Å². The lowest BCUT2D eigenvalue weighted by Crippen LogP contribution is -2.43. The van der Waals surface area contributed by atoms with Gasteiger partial charge in [0, 0.05) is 43.8 Å². The molecule has 1 aliphatic heterocycles. The molecule has 0 radical (unpaired) electrons. The normalized spacial score (nSPS) is 17.7. The zero-order valence-electron chi connectivity index (χ0n) is 12.3. The van der Waals surface area contributed by atoms with Crippen LogP contribution >= 0.6 is 11.6 Å². The second kappa shape index (κ2) is 6.80. The number of benzene rings is 1. The van der Waals surface area contributed by atoms with Crippen molar-refractivity contribution in [1.82, 2.24) is 10.2 Å². The van der Waals surface area contributed by atoms with Crippen molar-refractivity contribution in [3.63, 3.8) is 0 Å². The summed E-state index contributed by atoms with van der Waals surface area (Å²) in [6.45, 7) is 3.23. The van der Waals surface area contributed by atoms with Crippen molar-refractivity contribution in [2.75, 3.05) is 31.6 Å². The Balaban J connectivity index is 1.84. The highest BCUT2D eigenvalue weighted by Crippen LogP contribution is 2.22. The van der Waals surface area contributed by atoms with E-state index >= 15 is 0 Å². The van der Waals surface area contributed by atoms with E-state index < -0.39 is 0 Å². The summed E-state index contributed by atoms with van der Waals surface area (Å²) in [6, 6.07) is 7.81. The molecule has 1 aromatic carbocycles. The van der Waals surface area contributed by atoms with Crippen LogP contribution in [0.3, 0.4) is 0 Å². The van der Waals surface area contributed by atoms with E-state index in [2.05, 4.69) is 10.2 Å². The summed E-state index contributed by atoms with van der Waals surface area (Å²) >= 11 is 5.88. The van der Waals surface area contributed by atoms with Crippen molar-refractivity contribution < 1.29 is 9.59 Å². The highest BCUT2D eigenvalue weighted by atomic mass is 35.5. The third-order valence-corrected chi connectivity index (χ3v) is 3.92. The van der Waals surface area contributed by atoms with Crippen LogP contribution < -0.4 is 10.2 Å². The fourth-order valence-corrected chi connectivity index (χ4v) is 2.49. The van der Waals surface area contributed by atoms with Crippen LogP contribution in [0.2, 0.25) is 5.02 Å². The molecule has 1 saturated heterocycles. The molecule has 1 heterocycles. The number of hydrogen-bond donors (Lipinski definition) is 1. The van der Waals surface area contributed by atoms with E-state index in [4.69, 9.17) is 11.6 Å². The summed E-state index contributed by atoms with van der Waals surface area (Å²) in [4.78, 5) is 26.6. The number of hydrogen-bond acceptors (Lipinski definition) is 3. The van der Waals surface area contributed by atoms with Gasteiger partial charge in [0.15, 0.2) is 0 Å². The molecule has 0 aliphatic carbocycles. The number of rotatable bonds is 4. The van der Waals surface area contributed by atoms with E-state index in [9.17, 15) is 9.59 Å². The van der Waals surface area contributed by atoms with Gasteiger partial charge in [0.25, 0.3) is 0 Å². The first-order valence-electron chi connectivity index (χ1n) is 6.97. The smallest absolute Gasteiger partial charge is 0.239 e. The maximum Gasteiger partial charge on any atom is 0.239 e. The van der Waals surface area contributed by atoms with Crippen molar-refractivity contribution in [2.24, 2.45) is 0 Å². The molecule has 6 heteroatoms. The fraction of sp³-hybridized carbons (Fsp3) is 0.467. The molecule has 2 rings (SSSR count). The number of nitrogens with zero attached hydrogens (tertiary/aromatic N) is 2. The van der Waals surface area contributed by atoms with Crippen LogP contribution in [0.4, 0.5) is 5.69 Å². The molecule has 0 spiro atoms. The van der Waals surface area contributed by atoms with Gasteiger partial charge < -0.3 is 15.1 Å². The molecule has 1 aromatic rings. The molecule has 5 nitrogen and oxygen atoms in total. The van der Waals surface area contributed by atoms with Crippen LogP contribution in [0.1, 0.15) is 13.3 Å². The number of halogens is 1. The summed E-state index contributed by atoms with van der Waals surface area (Å²) in [6.07, 6.45) is 0.901. The van der Waals surface area contributed by atoms with Gasteiger partial charge in [0.05, 0.1) is 6.54 Å². The van der Waals surface area contributed by atoms with Crippen LogP contribution in [0.5, 0.6) is 0 Å². The molecule has 114 valence electrons. The summed E-state index contributed by atoms with van der Waals surface area (Å²) in [5.74, 6) is -0.227. The highest BCUT2D eigenvalue weighted by Gasteiger charge is 2.24. The zero-order valence-corrected chi connectivity index (χ0v) is 13.1. The monoisotopic (exact) mass is 309 g/mol. The molecule has 0 aromatic heterocycles. The number of amides is 2. The van der Waals surface area contributed by atoms with E-state index in [1.165, 1.54) is 11.8 Å². The lowest BCUT2D eigenvalue weighted by molar-refractivity contribution is -0.133. The van der Waals surface area contributed by atoms with Crippen molar-refractivity contribution in [1.29, 1.82) is 0 Å². The van der Waals surface area contributed by atoms with Crippen LogP contribution in [0.25, 0.3) is 0 Å². The van der Waals surface area contributed by atoms with Crippen LogP contribution in [0, 0.1) is 0 Å². The first kappa shape index (κ1) is 15.6. The van der Waals surface area contributed by atoms with Gasteiger partial charge >= 0.3 is 0 Å². The first-order valence-corrected chi connectivity index (χ1v) is 7.35. The molecular weight excluding hydrogens is 290 g/mol. The minimum Gasteiger partial charge on any atom is -0.369 e. The molecular formula is C15H20ClN3O2. The van der Waals surface area contributed by atoms with E-state index in [1.54, 1.807) is 7.05 Å². The molecule has 0 bridgehead atoms. The number of carbonyl (C=O) groups is 2. The van der Waals surface area contributed by atoms with Crippen molar-refractivity contribution in [3.8, 4) is 0 Å². The van der Waals surface area contributed by atoms with Crippen molar-refractivity contribution >= 4 is 29.1 Å². The quantitative estimate of drug-likeness (QED) is 0.917. The lowest BCUT2D eigenvalue weighted by atomic mass is 10.2. The maximum atomic E-state index is 11.9. The van der Waals surface area contributed by atoms with Crippen LogP contribution in [0.15, 0.2) is 24.3 Å². The van der Waals surface area contributed by atoms with E-state index in [0.29, 0.717) is 0 Å². The largest absolute Gasteiger partial charge is 0.369 e. The zero-order chi connectivity index (χ0) is 15.4. The molecule has 1 aliphatic rings. The predicted molar refractivity (Wildman–Crippen MR) is 83.5 cm³/mol. The SMILES string of the molecule is CC(=O)N(C)CC(=O)N[C@@H]1CCN(c2ccc(Cl)cc2)C1. The number of carbonyl (C=O) groups excluding carboxylic acids is 2. The topological polar surface area (TPSA) is 52.7 Å². The molecule has 1 N–H and O–H groups in total. The predicted octanol–water partition coefficient (Wildman–Crippen LogP) is 1.51. The second-order valence-electron chi connectivity index (χ2n) is 5.35. The number of likely N-dealkylation sites (N-methyl/N-ethyl adjacent to an activating group) is 1. The lowest BCUT2D eigenvalue weighted by Gasteiger charge is -2.20. The molecule has 1 atom stereocenters. The second-order valence-corrected chi connectivity index (χ2v) is 5.79. The summed E-state index contributed by atoms with van der Waals surface area (Å²) in [7, 11) is 1.62. The van der Waals surface area contributed by atoms with Gasteiger partial charge in [-0.15, -0.1) is 0 Å². The molecule has 21 heavy (non-hydrogen) atoms. The van der Waals surface area contributed by atoms with Gasteiger partial charge in [-0.25, -0.2) is 0 Å². The summed E-state index contributed by atoms with van der Waals surface area (Å²) in [5.41, 5.74) is 1.11. The minimum absolute atomic E-state index is 0.104. The molecule has 2 amide bonds. The third kappa shape index (κ3) is 4.36. The Morgan fingerprint density at radius 3 is 2.67 bits per heavy atom. The van der Waals surface area contributed by atoms with Crippen molar-refractivity contribution in [3.05, 3.63) is 29.3 Å². The van der Waals surface area contributed by atoms with E-state index in [1.807, 2.05) is 24.3 Å². The van der Waals surface area contributed by atoms with Crippen molar-refractivity contribution in [2.45, 2.75) is 19.4 Å². The molecule has 0 saturated carbocycles. The number of anilines is 1. The fourth-order valence-electron chi connectivity index (χ4n) is 2.36. The van der Waals surface area contributed by atoms with E-state index in [-0.39, 0.29) is 24.4 Å². The Bertz CT molecular complexity index is 518. The summed E-state index contributed by atoms with van der Waals surface area (Å²) < 4.78 is 0. The van der Waals surface area contributed by atoms with Gasteiger partial charge in [0.1, 0.15) is 0 Å². The van der Waals surface area contributed by atoms with Gasteiger partial charge in [-0.05, 0) is 30.7 Å². The Kier molecular flexibility index (Phi) is 5.07. The Labute approximate surface area is 129 Å². The van der Waals surface area contributed by atoms with Gasteiger partial charge in [-0.3, -0.25) is 9.59 Å². The van der Waals surface area contributed by atoms with Crippen LogP contribution in [-0.4, -0.2) is 49.4 Å². The Morgan fingerprint density at radius 1 is 1.38 bits per heavy atom. The number of nitrogens with one attached hydrogen (secondary N) is 1. The molecule has 0 unspecified atom stereocenters. The van der Waals surface area contributed by atoms with Gasteiger partial charge in [0.2, 0.25) is 11.8 Å². The standard InChI is InChI=1S/C15H20ClN3O2/c1-11(20)18(2)10-15(21)17-13-7-8-19(9-13)14-5-3-12(16)4-6-14/h3-6,13H,7-10H2,1-2H3,(H,17,21)/t13-/m1/s1. The average Bonchev–Trinajstić information content (AvgIpc) is 2.87. The van der Waals surface area contributed by atoms with E-state index in [0.717, 1.165) is 30.2 Å². The van der Waals surface area contributed by atoms with Crippen LogP contribution in [-0.2, 0) is 9.59 Å². The first-order chi connectivity index (χ1) is 9.95. The molecule has 1 fully saturated rings. The third-order valence-electron chi connectivity index (χ3n) is 3.66. The maximum absolute atomic E-state index is 11.9. The Morgan fingerprint density at radius 2 is 2.05 bits per heavy atom. The average molecular weight is 310 g/mol. The minimum atomic E-state index is -0.115. The highest BCUT2D eigenvalue weighted by molar-refractivity contribution is 6.30. The summed E-state index contributed by atoms with van der Waals surface area (Å²) in [5, 5.41) is 3.69. The van der Waals surface area contributed by atoms with Gasteiger partial charge in [-0.1, -0.05) is 11.6 Å².